The highest BCUT2D eigenvalue weighted by atomic mass is 19.4. The van der Waals surface area contributed by atoms with Crippen LogP contribution in [0.2, 0.25) is 0 Å². The lowest BCUT2D eigenvalue weighted by atomic mass is 10.0. The van der Waals surface area contributed by atoms with Crippen molar-refractivity contribution in [3.8, 4) is 0 Å². The van der Waals surface area contributed by atoms with E-state index in [0.29, 0.717) is 13.1 Å². The number of hydrogen-bond acceptors (Lipinski definition) is 4. The molecule has 1 aliphatic rings. The van der Waals surface area contributed by atoms with Crippen LogP contribution in [-0.2, 0) is 12.7 Å². The Kier molecular flexibility index (Phi) is 4.80. The van der Waals surface area contributed by atoms with Crippen molar-refractivity contribution < 1.29 is 13.2 Å². The highest BCUT2D eigenvalue weighted by Gasteiger charge is 2.41. The lowest BCUT2D eigenvalue weighted by Gasteiger charge is -2.29. The van der Waals surface area contributed by atoms with Gasteiger partial charge < -0.3 is 10.2 Å². The van der Waals surface area contributed by atoms with Crippen molar-refractivity contribution in [1.29, 1.82) is 0 Å². The normalized spacial score (nSPS) is 17.0. The quantitative estimate of drug-likeness (QED) is 0.813. The summed E-state index contributed by atoms with van der Waals surface area (Å²) < 4.78 is 40.3. The lowest BCUT2D eigenvalue weighted by Crippen LogP contribution is -2.35. The fourth-order valence-electron chi connectivity index (χ4n) is 3.23. The zero-order chi connectivity index (χ0) is 18.0. The topological polar surface area (TPSA) is 61.0 Å². The van der Waals surface area contributed by atoms with Crippen molar-refractivity contribution in [1.82, 2.24) is 15.5 Å². The van der Waals surface area contributed by atoms with Gasteiger partial charge in [-0.1, -0.05) is 31.2 Å². The zero-order valence-corrected chi connectivity index (χ0v) is 13.7. The molecule has 0 saturated heterocycles. The molecule has 2 aromatic rings. The van der Waals surface area contributed by atoms with Crippen LogP contribution in [0.3, 0.4) is 0 Å². The van der Waals surface area contributed by atoms with Crippen molar-refractivity contribution >= 4 is 5.69 Å². The average Bonchev–Trinajstić information content (AvgIpc) is 2.92. The zero-order valence-electron chi connectivity index (χ0n) is 13.7. The van der Waals surface area contributed by atoms with Gasteiger partial charge in [-0.2, -0.15) is 18.3 Å². The van der Waals surface area contributed by atoms with Gasteiger partial charge in [-0.25, -0.2) is 5.10 Å². The van der Waals surface area contributed by atoms with Crippen LogP contribution in [0.1, 0.15) is 36.1 Å². The number of nitrogens with one attached hydrogen (secondary N) is 2. The van der Waals surface area contributed by atoms with E-state index in [-0.39, 0.29) is 11.7 Å². The number of benzene rings is 1. The van der Waals surface area contributed by atoms with E-state index in [2.05, 4.69) is 10.4 Å². The summed E-state index contributed by atoms with van der Waals surface area (Å²) in [6.07, 6.45) is -2.74. The lowest BCUT2D eigenvalue weighted by molar-refractivity contribution is -0.138. The number of fused-ring (bicyclic) bond motifs is 1. The van der Waals surface area contributed by atoms with Crippen LogP contribution in [-0.4, -0.2) is 23.3 Å². The Labute approximate surface area is 142 Å². The van der Waals surface area contributed by atoms with Gasteiger partial charge in [-0.15, -0.1) is 0 Å². The van der Waals surface area contributed by atoms with Crippen molar-refractivity contribution in [2.45, 2.75) is 32.1 Å². The predicted octanol–water partition coefficient (Wildman–Crippen LogP) is 2.85. The van der Waals surface area contributed by atoms with Crippen molar-refractivity contribution in [3.05, 3.63) is 57.5 Å². The molecule has 3 rings (SSSR count). The van der Waals surface area contributed by atoms with Gasteiger partial charge in [0.1, 0.15) is 5.56 Å². The molecule has 8 heteroatoms. The third kappa shape index (κ3) is 3.39. The van der Waals surface area contributed by atoms with Gasteiger partial charge in [0, 0.05) is 13.1 Å². The van der Waals surface area contributed by atoms with E-state index in [9.17, 15) is 18.0 Å². The van der Waals surface area contributed by atoms with Crippen LogP contribution in [0, 0.1) is 0 Å². The van der Waals surface area contributed by atoms with Crippen LogP contribution >= 0.6 is 0 Å². The maximum Gasteiger partial charge on any atom is 0.423 e. The monoisotopic (exact) mass is 352 g/mol. The van der Waals surface area contributed by atoms with Gasteiger partial charge in [0.25, 0.3) is 5.56 Å². The van der Waals surface area contributed by atoms with Crippen molar-refractivity contribution in [2.24, 2.45) is 0 Å². The first-order chi connectivity index (χ1) is 11.9. The molecule has 0 bridgehead atoms. The Bertz CT molecular complexity index is 803. The largest absolute Gasteiger partial charge is 0.423 e. The maximum atomic E-state index is 13.4. The SMILES string of the molecule is CCCNCC1c2ccccc2CN1c1cn[nH]c(=O)c1C(F)(F)F. The second kappa shape index (κ2) is 6.87. The van der Waals surface area contributed by atoms with Crippen LogP contribution in [0.4, 0.5) is 18.9 Å². The van der Waals surface area contributed by atoms with E-state index in [1.807, 2.05) is 36.3 Å². The average molecular weight is 352 g/mol. The smallest absolute Gasteiger partial charge is 0.357 e. The molecular weight excluding hydrogens is 333 g/mol. The molecule has 0 aliphatic carbocycles. The number of nitrogens with zero attached hydrogens (tertiary/aromatic N) is 2. The third-order valence-electron chi connectivity index (χ3n) is 4.32. The third-order valence-corrected chi connectivity index (χ3v) is 4.32. The molecule has 0 fully saturated rings. The highest BCUT2D eigenvalue weighted by Crippen LogP contribution is 2.41. The number of aromatic nitrogens is 2. The van der Waals surface area contributed by atoms with E-state index in [1.54, 1.807) is 4.90 Å². The number of alkyl halides is 3. The molecule has 1 aliphatic heterocycles. The Morgan fingerprint density at radius 2 is 2.12 bits per heavy atom. The van der Waals surface area contributed by atoms with Crippen LogP contribution in [0.5, 0.6) is 0 Å². The minimum absolute atomic E-state index is 0.184. The summed E-state index contributed by atoms with van der Waals surface area (Å²) in [5.74, 6) is 0. The molecule has 2 N–H and O–H groups in total. The molecule has 1 atom stereocenters. The Balaban J connectivity index is 2.05. The second-order valence-electron chi connectivity index (χ2n) is 6.00. The summed E-state index contributed by atoms with van der Waals surface area (Å²) >= 11 is 0. The molecule has 0 radical (unpaired) electrons. The fraction of sp³-hybridized carbons (Fsp3) is 0.412. The molecule has 0 spiro atoms. The summed E-state index contributed by atoms with van der Waals surface area (Å²) in [5, 5.41) is 8.75. The Morgan fingerprint density at radius 1 is 1.36 bits per heavy atom. The number of aromatic amines is 1. The van der Waals surface area contributed by atoms with Gasteiger partial charge in [-0.3, -0.25) is 4.79 Å². The Hall–Kier alpha value is -2.35. The summed E-state index contributed by atoms with van der Waals surface area (Å²) in [6, 6.07) is 7.26. The fourth-order valence-corrected chi connectivity index (χ4v) is 3.23. The van der Waals surface area contributed by atoms with Gasteiger partial charge in [0.2, 0.25) is 0 Å². The number of hydrogen-bond donors (Lipinski definition) is 2. The van der Waals surface area contributed by atoms with E-state index < -0.39 is 17.3 Å². The first-order valence-corrected chi connectivity index (χ1v) is 8.13. The van der Waals surface area contributed by atoms with Crippen molar-refractivity contribution in [2.75, 3.05) is 18.0 Å². The summed E-state index contributed by atoms with van der Waals surface area (Å²) in [7, 11) is 0. The molecule has 134 valence electrons. The molecule has 5 nitrogen and oxygen atoms in total. The minimum atomic E-state index is -4.75. The molecule has 1 aromatic carbocycles. The highest BCUT2D eigenvalue weighted by molar-refractivity contribution is 5.58. The van der Waals surface area contributed by atoms with Crippen LogP contribution < -0.4 is 15.8 Å². The molecule has 0 amide bonds. The van der Waals surface area contributed by atoms with Gasteiger partial charge in [0.05, 0.1) is 17.9 Å². The molecular formula is C17H19F3N4O. The second-order valence-corrected chi connectivity index (χ2v) is 6.00. The first-order valence-electron chi connectivity index (χ1n) is 8.13. The van der Waals surface area contributed by atoms with Gasteiger partial charge in [-0.05, 0) is 24.1 Å². The molecule has 1 aromatic heterocycles. The predicted molar refractivity (Wildman–Crippen MR) is 88.4 cm³/mol. The van der Waals surface area contributed by atoms with Crippen LogP contribution in [0.25, 0.3) is 0 Å². The summed E-state index contributed by atoms with van der Waals surface area (Å²) in [6.45, 7) is 3.60. The summed E-state index contributed by atoms with van der Waals surface area (Å²) in [5.41, 5.74) is -0.675. The van der Waals surface area contributed by atoms with Gasteiger partial charge >= 0.3 is 6.18 Å². The van der Waals surface area contributed by atoms with E-state index >= 15 is 0 Å². The first kappa shape index (κ1) is 17.5. The van der Waals surface area contributed by atoms with E-state index in [0.717, 1.165) is 30.3 Å². The standard InChI is InChI=1S/C17H19F3N4O/c1-2-7-21-8-13-12-6-4-3-5-11(12)10-24(13)14-9-22-23-16(25)15(14)17(18,19)20/h3-6,9,13,21H,2,7-8,10H2,1H3,(H,23,25). The molecule has 25 heavy (non-hydrogen) atoms. The minimum Gasteiger partial charge on any atom is -0.357 e. The Morgan fingerprint density at radius 3 is 2.84 bits per heavy atom. The maximum absolute atomic E-state index is 13.4. The number of H-pyrrole nitrogens is 1. The van der Waals surface area contributed by atoms with E-state index in [1.165, 1.54) is 0 Å². The molecule has 2 heterocycles. The van der Waals surface area contributed by atoms with E-state index in [4.69, 9.17) is 0 Å². The molecule has 1 unspecified atom stereocenters. The van der Waals surface area contributed by atoms with Gasteiger partial charge in [0.15, 0.2) is 0 Å². The number of rotatable bonds is 5. The number of anilines is 1. The molecule has 0 saturated carbocycles. The van der Waals surface area contributed by atoms with Crippen molar-refractivity contribution in [3.63, 3.8) is 0 Å². The number of halogens is 3. The summed E-state index contributed by atoms with van der Waals surface area (Å²) in [4.78, 5) is 13.4. The van der Waals surface area contributed by atoms with Crippen LogP contribution in [0.15, 0.2) is 35.3 Å².